The summed E-state index contributed by atoms with van der Waals surface area (Å²) >= 11 is 6.14. The Labute approximate surface area is 152 Å². The summed E-state index contributed by atoms with van der Waals surface area (Å²) in [5, 5.41) is 0.712. The number of carbonyl (C=O) groups excluding carboxylic acids is 1. The van der Waals surface area contributed by atoms with Crippen molar-refractivity contribution in [1.29, 1.82) is 0 Å². The quantitative estimate of drug-likeness (QED) is 0.755. The van der Waals surface area contributed by atoms with Crippen LogP contribution < -0.4 is 4.74 Å². The van der Waals surface area contributed by atoms with Gasteiger partial charge in [0.05, 0.1) is 5.70 Å². The van der Waals surface area contributed by atoms with Gasteiger partial charge in [0.2, 0.25) is 0 Å². The number of ether oxygens (including phenoxy) is 1. The first-order valence-electron chi connectivity index (χ1n) is 8.68. The van der Waals surface area contributed by atoms with Crippen molar-refractivity contribution in [3.05, 3.63) is 70.4 Å². The summed E-state index contributed by atoms with van der Waals surface area (Å²) in [6.45, 7) is 2.44. The summed E-state index contributed by atoms with van der Waals surface area (Å²) in [5.74, 6) is 1.32. The molecule has 0 unspecified atom stereocenters. The molecule has 2 aromatic rings. The Kier molecular flexibility index (Phi) is 4.50. The molecule has 3 nitrogen and oxygen atoms in total. The van der Waals surface area contributed by atoms with Gasteiger partial charge in [0.15, 0.2) is 5.78 Å². The van der Waals surface area contributed by atoms with E-state index in [0.29, 0.717) is 17.4 Å². The molecule has 3 aliphatic heterocycles. The van der Waals surface area contributed by atoms with Crippen molar-refractivity contribution in [2.75, 3.05) is 13.1 Å². The van der Waals surface area contributed by atoms with Crippen molar-refractivity contribution in [1.82, 2.24) is 4.90 Å². The summed E-state index contributed by atoms with van der Waals surface area (Å²) in [6, 6.07) is 15.5. The van der Waals surface area contributed by atoms with Crippen molar-refractivity contribution in [3.8, 4) is 5.75 Å². The summed E-state index contributed by atoms with van der Waals surface area (Å²) < 4.78 is 5.81. The molecule has 2 aromatic carbocycles. The Morgan fingerprint density at radius 3 is 2.48 bits per heavy atom. The molecule has 4 heteroatoms. The van der Waals surface area contributed by atoms with Crippen LogP contribution in [0.5, 0.6) is 5.75 Å². The van der Waals surface area contributed by atoms with Gasteiger partial charge in [-0.05, 0) is 42.7 Å². The van der Waals surface area contributed by atoms with Crippen molar-refractivity contribution in [2.45, 2.75) is 19.4 Å². The largest absolute Gasteiger partial charge is 0.489 e. The number of hydrogen-bond donors (Lipinski definition) is 0. The van der Waals surface area contributed by atoms with Gasteiger partial charge in [0.25, 0.3) is 0 Å². The van der Waals surface area contributed by atoms with Gasteiger partial charge in [0, 0.05) is 29.6 Å². The molecule has 3 heterocycles. The summed E-state index contributed by atoms with van der Waals surface area (Å²) in [4.78, 5) is 14.6. The third-order valence-corrected chi connectivity index (χ3v) is 5.36. The SMILES string of the molecule is O=C1C(=Cc2ccc(OCc3ccccc3Cl)cc2)N2CCC1CC2. The standard InChI is InChI=1S/C21H20ClNO2/c22-19-4-2-1-3-17(19)14-25-18-7-5-15(6-8-18)13-20-21(24)16-9-11-23(20)12-10-16/h1-8,13,16H,9-12,14H2. The lowest BCUT2D eigenvalue weighted by molar-refractivity contribution is -0.125. The molecule has 3 fully saturated rings. The van der Waals surface area contributed by atoms with E-state index in [9.17, 15) is 4.79 Å². The molecule has 0 atom stereocenters. The highest BCUT2D eigenvalue weighted by molar-refractivity contribution is 6.31. The molecule has 0 N–H and O–H groups in total. The summed E-state index contributed by atoms with van der Waals surface area (Å²) in [5.41, 5.74) is 2.86. The van der Waals surface area contributed by atoms with E-state index in [4.69, 9.17) is 16.3 Å². The van der Waals surface area contributed by atoms with E-state index in [1.54, 1.807) is 0 Å². The molecular formula is C21H20ClNO2. The van der Waals surface area contributed by atoms with E-state index >= 15 is 0 Å². The van der Waals surface area contributed by atoms with Crippen molar-refractivity contribution >= 4 is 23.5 Å². The maximum absolute atomic E-state index is 12.4. The number of fused-ring (bicyclic) bond motifs is 3. The Morgan fingerprint density at radius 1 is 1.08 bits per heavy atom. The van der Waals surface area contributed by atoms with Crippen molar-refractivity contribution in [2.24, 2.45) is 5.92 Å². The second-order valence-electron chi connectivity index (χ2n) is 6.60. The highest BCUT2D eigenvalue weighted by Crippen LogP contribution is 2.32. The van der Waals surface area contributed by atoms with Gasteiger partial charge in [-0.2, -0.15) is 0 Å². The van der Waals surface area contributed by atoms with E-state index in [1.807, 2.05) is 54.6 Å². The van der Waals surface area contributed by atoms with Crippen LogP contribution in [0.1, 0.15) is 24.0 Å². The molecular weight excluding hydrogens is 334 g/mol. The minimum Gasteiger partial charge on any atom is -0.489 e. The third-order valence-electron chi connectivity index (χ3n) is 4.99. The number of piperidine rings is 3. The number of nitrogens with zero attached hydrogens (tertiary/aromatic N) is 1. The molecule has 0 saturated carbocycles. The van der Waals surface area contributed by atoms with E-state index in [-0.39, 0.29) is 5.92 Å². The van der Waals surface area contributed by atoms with Crippen molar-refractivity contribution < 1.29 is 9.53 Å². The topological polar surface area (TPSA) is 29.5 Å². The maximum atomic E-state index is 12.4. The van der Waals surface area contributed by atoms with E-state index in [2.05, 4.69) is 4.90 Å². The van der Waals surface area contributed by atoms with Gasteiger partial charge in [0.1, 0.15) is 12.4 Å². The normalized spacial score (nSPS) is 18.8. The number of rotatable bonds is 4. The second-order valence-corrected chi connectivity index (χ2v) is 7.01. The number of benzene rings is 2. The van der Waals surface area contributed by atoms with E-state index in [0.717, 1.165) is 48.5 Å². The van der Waals surface area contributed by atoms with Crippen LogP contribution in [0, 0.1) is 5.92 Å². The molecule has 0 spiro atoms. The minimum atomic E-state index is 0.231. The Morgan fingerprint density at radius 2 is 1.80 bits per heavy atom. The number of Topliss-reactive ketones (excluding diaryl/α,β-unsaturated/α-hetero) is 1. The number of halogens is 1. The van der Waals surface area contributed by atoms with Gasteiger partial charge in [-0.15, -0.1) is 0 Å². The summed E-state index contributed by atoms with van der Waals surface area (Å²) in [7, 11) is 0. The number of carbonyl (C=O) groups is 1. The van der Waals surface area contributed by atoms with Crippen LogP contribution in [-0.4, -0.2) is 23.8 Å². The molecule has 128 valence electrons. The molecule has 5 rings (SSSR count). The smallest absolute Gasteiger partial charge is 0.182 e. The Hall–Kier alpha value is -2.26. The molecule has 3 saturated heterocycles. The lowest BCUT2D eigenvalue weighted by Gasteiger charge is -2.41. The van der Waals surface area contributed by atoms with Crippen LogP contribution in [-0.2, 0) is 11.4 Å². The Balaban J connectivity index is 1.45. The zero-order chi connectivity index (χ0) is 17.2. The number of hydrogen-bond acceptors (Lipinski definition) is 3. The zero-order valence-electron chi connectivity index (χ0n) is 14.0. The molecule has 0 radical (unpaired) electrons. The molecule has 25 heavy (non-hydrogen) atoms. The molecule has 0 amide bonds. The first-order chi connectivity index (χ1) is 12.2. The zero-order valence-corrected chi connectivity index (χ0v) is 14.7. The number of ketones is 1. The van der Waals surface area contributed by atoms with Crippen LogP contribution in [0.2, 0.25) is 5.02 Å². The van der Waals surface area contributed by atoms with Crippen LogP contribution in [0.3, 0.4) is 0 Å². The van der Waals surface area contributed by atoms with Crippen LogP contribution in [0.15, 0.2) is 54.2 Å². The van der Waals surface area contributed by atoms with Gasteiger partial charge in [-0.3, -0.25) is 4.79 Å². The minimum absolute atomic E-state index is 0.231. The van der Waals surface area contributed by atoms with Gasteiger partial charge < -0.3 is 9.64 Å². The molecule has 3 aliphatic rings. The predicted octanol–water partition coefficient (Wildman–Crippen LogP) is 4.55. The first-order valence-corrected chi connectivity index (χ1v) is 9.05. The fourth-order valence-electron chi connectivity index (χ4n) is 3.50. The second kappa shape index (κ2) is 6.93. The average Bonchev–Trinajstić information content (AvgIpc) is 2.65. The number of allylic oxidation sites excluding steroid dienone is 1. The van der Waals surface area contributed by atoms with E-state index < -0.39 is 0 Å². The van der Waals surface area contributed by atoms with Gasteiger partial charge in [-0.1, -0.05) is 41.9 Å². The van der Waals surface area contributed by atoms with Crippen LogP contribution in [0.4, 0.5) is 0 Å². The Bertz CT molecular complexity index is 805. The fraction of sp³-hybridized carbons (Fsp3) is 0.286. The molecule has 0 aliphatic carbocycles. The lowest BCUT2D eigenvalue weighted by atomic mass is 9.84. The van der Waals surface area contributed by atoms with Gasteiger partial charge in [-0.25, -0.2) is 0 Å². The predicted molar refractivity (Wildman–Crippen MR) is 99.5 cm³/mol. The maximum Gasteiger partial charge on any atom is 0.182 e. The van der Waals surface area contributed by atoms with Gasteiger partial charge >= 0.3 is 0 Å². The lowest BCUT2D eigenvalue weighted by Crippen LogP contribution is -2.45. The highest BCUT2D eigenvalue weighted by atomic mass is 35.5. The highest BCUT2D eigenvalue weighted by Gasteiger charge is 2.36. The van der Waals surface area contributed by atoms with E-state index in [1.165, 1.54) is 0 Å². The van der Waals surface area contributed by atoms with Crippen LogP contribution in [0.25, 0.3) is 6.08 Å². The van der Waals surface area contributed by atoms with Crippen LogP contribution >= 0.6 is 11.6 Å². The molecule has 0 aromatic heterocycles. The third kappa shape index (κ3) is 3.42. The monoisotopic (exact) mass is 353 g/mol. The molecule has 2 bridgehead atoms. The van der Waals surface area contributed by atoms with Crippen molar-refractivity contribution in [3.63, 3.8) is 0 Å². The first kappa shape index (κ1) is 16.2. The average molecular weight is 354 g/mol. The summed E-state index contributed by atoms with van der Waals surface area (Å²) in [6.07, 6.45) is 4.02. The fourth-order valence-corrected chi connectivity index (χ4v) is 3.69.